The van der Waals surface area contributed by atoms with Crippen molar-refractivity contribution in [3.05, 3.63) is 71.0 Å². The Balaban J connectivity index is 1.81. The van der Waals surface area contributed by atoms with Crippen LogP contribution in [0.5, 0.6) is 0 Å². The van der Waals surface area contributed by atoms with Gasteiger partial charge in [0.25, 0.3) is 0 Å². The van der Waals surface area contributed by atoms with E-state index in [1.54, 1.807) is 0 Å². The number of hydroxylamine groups is 1. The van der Waals surface area contributed by atoms with Gasteiger partial charge in [-0.15, -0.1) is 0 Å². The van der Waals surface area contributed by atoms with Gasteiger partial charge in [-0.3, -0.25) is 9.63 Å². The van der Waals surface area contributed by atoms with Crippen molar-refractivity contribution in [1.29, 1.82) is 0 Å². The number of rotatable bonds is 9. The molecule has 25 heavy (non-hydrogen) atoms. The fourth-order valence-electron chi connectivity index (χ4n) is 2.28. The predicted octanol–water partition coefficient (Wildman–Crippen LogP) is 3.60. The fraction of sp³-hybridized carbons (Fsp3) is 0.278. The topological polar surface area (TPSA) is 58.6 Å². The van der Waals surface area contributed by atoms with Crippen LogP contribution in [0.2, 0.25) is 0 Å². The molecule has 0 radical (unpaired) electrons. The van der Waals surface area contributed by atoms with Crippen LogP contribution in [0.15, 0.2) is 42.5 Å². The fourth-order valence-corrected chi connectivity index (χ4v) is 2.28. The Hall–Kier alpha value is -2.38. The molecule has 2 aromatic rings. The quantitative estimate of drug-likeness (QED) is 0.534. The summed E-state index contributed by atoms with van der Waals surface area (Å²) in [7, 11) is 0. The van der Waals surface area contributed by atoms with Crippen molar-refractivity contribution >= 4 is 5.97 Å². The Morgan fingerprint density at radius 2 is 1.76 bits per heavy atom. The lowest BCUT2D eigenvalue weighted by Gasteiger charge is -2.14. The van der Waals surface area contributed by atoms with E-state index in [-0.39, 0.29) is 31.4 Å². The maximum atomic E-state index is 13.5. The summed E-state index contributed by atoms with van der Waals surface area (Å²) >= 11 is 0. The smallest absolute Gasteiger partial charge is 0.323 e. The zero-order valence-corrected chi connectivity index (χ0v) is 13.3. The number of aliphatic carboxylic acids is 1. The minimum Gasteiger partial charge on any atom is -0.480 e. The lowest BCUT2D eigenvalue weighted by atomic mass is 10.0. The van der Waals surface area contributed by atoms with Gasteiger partial charge < -0.3 is 5.11 Å². The second-order valence-electron chi connectivity index (χ2n) is 5.53. The Bertz CT molecular complexity index is 710. The van der Waals surface area contributed by atoms with Gasteiger partial charge in [0.05, 0.1) is 6.61 Å². The molecule has 1 atom stereocenters. The van der Waals surface area contributed by atoms with Crippen LogP contribution in [0.25, 0.3) is 0 Å². The van der Waals surface area contributed by atoms with E-state index in [2.05, 4.69) is 5.48 Å². The first-order valence-electron chi connectivity index (χ1n) is 7.75. The van der Waals surface area contributed by atoms with Crippen LogP contribution >= 0.6 is 0 Å². The number of halogens is 3. The van der Waals surface area contributed by atoms with Gasteiger partial charge >= 0.3 is 5.97 Å². The van der Waals surface area contributed by atoms with Crippen molar-refractivity contribution in [1.82, 2.24) is 5.48 Å². The van der Waals surface area contributed by atoms with E-state index in [0.29, 0.717) is 6.07 Å². The monoisotopic (exact) mass is 353 g/mol. The molecule has 0 saturated carbocycles. The molecule has 2 rings (SSSR count). The van der Waals surface area contributed by atoms with E-state index in [0.717, 1.165) is 11.6 Å². The Labute approximate surface area is 143 Å². The number of hydrogen-bond donors (Lipinski definition) is 2. The molecular weight excluding hydrogens is 335 g/mol. The zero-order chi connectivity index (χ0) is 18.2. The lowest BCUT2D eigenvalue weighted by molar-refractivity contribution is -0.145. The number of benzene rings is 2. The third kappa shape index (κ3) is 5.88. The largest absolute Gasteiger partial charge is 0.480 e. The third-order valence-electron chi connectivity index (χ3n) is 3.63. The molecule has 2 N–H and O–H groups in total. The number of carbonyl (C=O) groups is 1. The summed E-state index contributed by atoms with van der Waals surface area (Å²) in [5.74, 6) is -4.34. The van der Waals surface area contributed by atoms with Crippen LogP contribution in [0.4, 0.5) is 13.2 Å². The second-order valence-corrected chi connectivity index (χ2v) is 5.53. The van der Waals surface area contributed by atoms with Crippen molar-refractivity contribution in [2.24, 2.45) is 0 Å². The van der Waals surface area contributed by atoms with Crippen molar-refractivity contribution in [3.63, 3.8) is 0 Å². The molecule has 0 heterocycles. The highest BCUT2D eigenvalue weighted by Crippen LogP contribution is 2.16. The first kappa shape index (κ1) is 19.0. The average molecular weight is 353 g/mol. The lowest BCUT2D eigenvalue weighted by Crippen LogP contribution is -2.36. The molecule has 1 unspecified atom stereocenters. The second kappa shape index (κ2) is 9.19. The summed E-state index contributed by atoms with van der Waals surface area (Å²) in [4.78, 5) is 16.4. The number of carboxylic acids is 1. The molecule has 0 amide bonds. The third-order valence-corrected chi connectivity index (χ3v) is 3.63. The van der Waals surface area contributed by atoms with Gasteiger partial charge in [0.2, 0.25) is 0 Å². The predicted molar refractivity (Wildman–Crippen MR) is 85.0 cm³/mol. The van der Waals surface area contributed by atoms with Gasteiger partial charge in [-0.1, -0.05) is 30.3 Å². The summed E-state index contributed by atoms with van der Waals surface area (Å²) in [6, 6.07) is 9.49. The first-order chi connectivity index (χ1) is 12.0. The molecule has 0 aliphatic carbocycles. The molecule has 0 saturated heterocycles. The standard InChI is InChI=1S/C18H18F3NO3/c19-14-10-16(21)15(20)9-13(14)7-4-8-17(18(23)24)22-25-11-12-5-2-1-3-6-12/h1-3,5-6,9-10,17,22H,4,7-8,11H2,(H,23,24). The van der Waals surface area contributed by atoms with E-state index in [4.69, 9.17) is 4.84 Å². The highest BCUT2D eigenvalue weighted by atomic mass is 19.2. The van der Waals surface area contributed by atoms with E-state index in [1.165, 1.54) is 0 Å². The molecule has 0 aliphatic heterocycles. The SMILES string of the molecule is O=C(O)C(CCCc1cc(F)c(F)cc1F)NOCc1ccccc1. The highest BCUT2D eigenvalue weighted by Gasteiger charge is 2.18. The minimum atomic E-state index is -1.25. The van der Waals surface area contributed by atoms with E-state index in [1.807, 2.05) is 30.3 Å². The van der Waals surface area contributed by atoms with Crippen molar-refractivity contribution in [2.45, 2.75) is 31.9 Å². The summed E-state index contributed by atoms with van der Waals surface area (Å²) in [6.45, 7) is 0.197. The first-order valence-corrected chi connectivity index (χ1v) is 7.75. The molecular formula is C18H18F3NO3. The average Bonchev–Trinajstić information content (AvgIpc) is 2.58. The van der Waals surface area contributed by atoms with E-state index >= 15 is 0 Å². The molecule has 0 aliphatic rings. The molecule has 2 aromatic carbocycles. The van der Waals surface area contributed by atoms with Crippen LogP contribution < -0.4 is 5.48 Å². The number of aryl methyl sites for hydroxylation is 1. The number of hydrogen-bond acceptors (Lipinski definition) is 3. The van der Waals surface area contributed by atoms with Crippen LogP contribution in [0.1, 0.15) is 24.0 Å². The number of nitrogens with one attached hydrogen (secondary N) is 1. The van der Waals surface area contributed by atoms with Gasteiger partial charge in [-0.25, -0.2) is 13.2 Å². The van der Waals surface area contributed by atoms with E-state index < -0.39 is 29.5 Å². The Kier molecular flexibility index (Phi) is 6.97. The normalized spacial score (nSPS) is 12.1. The molecule has 0 spiro atoms. The van der Waals surface area contributed by atoms with Gasteiger partial charge in [-0.05, 0) is 36.5 Å². The molecule has 7 heteroatoms. The summed E-state index contributed by atoms with van der Waals surface area (Å²) in [5, 5.41) is 9.18. The van der Waals surface area contributed by atoms with Gasteiger partial charge in [0, 0.05) is 6.07 Å². The van der Waals surface area contributed by atoms with Crippen LogP contribution in [0, 0.1) is 17.5 Å². The van der Waals surface area contributed by atoms with Crippen LogP contribution in [-0.2, 0) is 22.7 Å². The van der Waals surface area contributed by atoms with E-state index in [9.17, 15) is 23.1 Å². The minimum absolute atomic E-state index is 0.00763. The highest BCUT2D eigenvalue weighted by molar-refractivity contribution is 5.73. The molecule has 4 nitrogen and oxygen atoms in total. The van der Waals surface area contributed by atoms with Crippen LogP contribution in [0.3, 0.4) is 0 Å². The summed E-state index contributed by atoms with van der Waals surface area (Å²) in [6.07, 6.45) is 0.496. The van der Waals surface area contributed by atoms with Crippen molar-refractivity contribution < 1.29 is 27.9 Å². The van der Waals surface area contributed by atoms with Crippen LogP contribution in [-0.4, -0.2) is 17.1 Å². The maximum Gasteiger partial charge on any atom is 0.323 e. The Morgan fingerprint density at radius 1 is 1.08 bits per heavy atom. The maximum absolute atomic E-state index is 13.5. The Morgan fingerprint density at radius 3 is 2.44 bits per heavy atom. The number of carboxylic acid groups (broad SMARTS) is 1. The van der Waals surface area contributed by atoms with Gasteiger partial charge in [0.15, 0.2) is 11.6 Å². The molecule has 0 aromatic heterocycles. The van der Waals surface area contributed by atoms with Crippen molar-refractivity contribution in [3.8, 4) is 0 Å². The zero-order valence-electron chi connectivity index (χ0n) is 13.3. The van der Waals surface area contributed by atoms with Gasteiger partial charge in [0.1, 0.15) is 11.9 Å². The molecule has 134 valence electrons. The van der Waals surface area contributed by atoms with Crippen molar-refractivity contribution in [2.75, 3.05) is 0 Å². The van der Waals surface area contributed by atoms with Gasteiger partial charge in [-0.2, -0.15) is 5.48 Å². The summed E-state index contributed by atoms with van der Waals surface area (Å²) in [5.41, 5.74) is 3.35. The molecule has 0 fully saturated rings. The summed E-state index contributed by atoms with van der Waals surface area (Å²) < 4.78 is 39.5. The molecule has 0 bridgehead atoms.